The molecule has 38 heavy (non-hydrogen) atoms. The highest BCUT2D eigenvalue weighted by molar-refractivity contribution is 6.00. The van der Waals surface area contributed by atoms with Crippen molar-refractivity contribution < 1.29 is 9.59 Å². The van der Waals surface area contributed by atoms with E-state index >= 15 is 0 Å². The molecule has 6 N–H and O–H groups in total. The van der Waals surface area contributed by atoms with Gasteiger partial charge in [0.2, 0.25) is 11.8 Å². The van der Waals surface area contributed by atoms with Crippen LogP contribution in [0.25, 0.3) is 0 Å². The number of para-hydroxylation sites is 1. The number of anilines is 2. The second-order valence-corrected chi connectivity index (χ2v) is 9.70. The molecule has 4 rings (SSSR count). The zero-order chi connectivity index (χ0) is 27.4. The Bertz CT molecular complexity index is 1420. The summed E-state index contributed by atoms with van der Waals surface area (Å²) in [4.78, 5) is 45.4. The third kappa shape index (κ3) is 5.15. The Hall–Kier alpha value is -4.47. The number of hydrogen-bond donors (Lipinski definition) is 5. The quantitative estimate of drug-likeness (QED) is 0.218. The van der Waals surface area contributed by atoms with Gasteiger partial charge in [-0.05, 0) is 44.4 Å². The van der Waals surface area contributed by atoms with Crippen molar-refractivity contribution in [3.63, 3.8) is 0 Å². The van der Waals surface area contributed by atoms with E-state index < -0.39 is 11.5 Å². The Morgan fingerprint density at radius 2 is 1.84 bits per heavy atom. The van der Waals surface area contributed by atoms with Gasteiger partial charge in [-0.3, -0.25) is 24.4 Å². The topological polar surface area (TPSA) is 155 Å². The first-order valence-corrected chi connectivity index (χ1v) is 12.6. The SMILES string of the molecule is CCCNc1c(C)nc2n(c1=O)[C@@H](C(=O)NCc1ccc(C(=N)N)cc1)C[C@]2(C)C(=O)Nc1ccccc1. The maximum Gasteiger partial charge on any atom is 0.277 e. The lowest BCUT2D eigenvalue weighted by Gasteiger charge is -2.23. The van der Waals surface area contributed by atoms with Gasteiger partial charge in [0.1, 0.15) is 28.8 Å². The van der Waals surface area contributed by atoms with Crippen LogP contribution in [0.1, 0.15) is 55.4 Å². The Labute approximate surface area is 221 Å². The first-order valence-electron chi connectivity index (χ1n) is 12.6. The molecule has 0 bridgehead atoms. The molecular weight excluding hydrogens is 482 g/mol. The van der Waals surface area contributed by atoms with Crippen molar-refractivity contribution in [1.29, 1.82) is 5.41 Å². The number of nitrogens with two attached hydrogens (primary N) is 1. The van der Waals surface area contributed by atoms with Gasteiger partial charge in [-0.1, -0.05) is 49.4 Å². The molecular formula is C28H33N7O3. The number of nitrogen functional groups attached to an aromatic ring is 1. The maximum atomic E-state index is 13.7. The highest BCUT2D eigenvalue weighted by Gasteiger charge is 2.51. The number of nitrogens with zero attached hydrogens (tertiary/aromatic N) is 2. The van der Waals surface area contributed by atoms with Crippen LogP contribution in [0.5, 0.6) is 0 Å². The molecule has 198 valence electrons. The number of nitrogens with one attached hydrogen (secondary N) is 4. The summed E-state index contributed by atoms with van der Waals surface area (Å²) in [5.74, 6) is -0.493. The van der Waals surface area contributed by atoms with Gasteiger partial charge in [0.05, 0.1) is 5.69 Å². The molecule has 0 fully saturated rings. The molecule has 0 aliphatic carbocycles. The molecule has 1 aromatic heterocycles. The molecule has 2 amide bonds. The summed E-state index contributed by atoms with van der Waals surface area (Å²) in [5.41, 5.74) is 6.77. The number of rotatable bonds is 9. The van der Waals surface area contributed by atoms with Gasteiger partial charge in [0.25, 0.3) is 5.56 Å². The Kier molecular flexibility index (Phi) is 7.61. The number of aryl methyl sites for hydroxylation is 1. The summed E-state index contributed by atoms with van der Waals surface area (Å²) in [7, 11) is 0. The van der Waals surface area contributed by atoms with Crippen LogP contribution < -0.4 is 27.2 Å². The molecule has 0 unspecified atom stereocenters. The molecule has 10 heteroatoms. The van der Waals surface area contributed by atoms with Crippen molar-refractivity contribution in [2.24, 2.45) is 5.73 Å². The van der Waals surface area contributed by atoms with Crippen LogP contribution >= 0.6 is 0 Å². The van der Waals surface area contributed by atoms with Crippen LogP contribution in [0.3, 0.4) is 0 Å². The molecule has 2 atom stereocenters. The van der Waals surface area contributed by atoms with E-state index in [-0.39, 0.29) is 42.0 Å². The fourth-order valence-corrected chi connectivity index (χ4v) is 4.65. The van der Waals surface area contributed by atoms with E-state index in [1.165, 1.54) is 4.57 Å². The van der Waals surface area contributed by atoms with E-state index in [1.54, 1.807) is 50.2 Å². The summed E-state index contributed by atoms with van der Waals surface area (Å²) in [5, 5.41) is 16.5. The van der Waals surface area contributed by atoms with Crippen molar-refractivity contribution in [1.82, 2.24) is 14.9 Å². The minimum atomic E-state index is -1.21. The Balaban J connectivity index is 1.67. The van der Waals surface area contributed by atoms with Gasteiger partial charge in [0.15, 0.2) is 0 Å². The molecule has 2 aromatic carbocycles. The molecule has 0 radical (unpaired) electrons. The highest BCUT2D eigenvalue weighted by Crippen LogP contribution is 2.41. The van der Waals surface area contributed by atoms with Crippen molar-refractivity contribution in [2.45, 2.75) is 51.6 Å². The molecule has 0 saturated heterocycles. The lowest BCUT2D eigenvalue weighted by atomic mass is 9.84. The summed E-state index contributed by atoms with van der Waals surface area (Å²) in [6.45, 7) is 6.23. The maximum absolute atomic E-state index is 13.7. The van der Waals surface area contributed by atoms with E-state index in [1.807, 2.05) is 25.1 Å². The second kappa shape index (κ2) is 10.9. The number of benzene rings is 2. The smallest absolute Gasteiger partial charge is 0.277 e. The summed E-state index contributed by atoms with van der Waals surface area (Å²) in [6.07, 6.45) is 0.893. The van der Waals surface area contributed by atoms with Gasteiger partial charge in [-0.2, -0.15) is 0 Å². The first kappa shape index (κ1) is 26.6. The number of aromatic nitrogens is 2. The summed E-state index contributed by atoms with van der Waals surface area (Å²) >= 11 is 0. The Morgan fingerprint density at radius 1 is 1.16 bits per heavy atom. The third-order valence-electron chi connectivity index (χ3n) is 6.82. The largest absolute Gasteiger partial charge is 0.384 e. The molecule has 1 aliphatic rings. The minimum Gasteiger partial charge on any atom is -0.384 e. The van der Waals surface area contributed by atoms with Crippen LogP contribution in [-0.2, 0) is 21.5 Å². The summed E-state index contributed by atoms with van der Waals surface area (Å²) < 4.78 is 1.36. The predicted molar refractivity (Wildman–Crippen MR) is 147 cm³/mol. The lowest BCUT2D eigenvalue weighted by Crippen LogP contribution is -2.38. The van der Waals surface area contributed by atoms with E-state index in [2.05, 4.69) is 20.9 Å². The van der Waals surface area contributed by atoms with Gasteiger partial charge >= 0.3 is 0 Å². The van der Waals surface area contributed by atoms with Gasteiger partial charge < -0.3 is 21.7 Å². The summed E-state index contributed by atoms with van der Waals surface area (Å²) in [6, 6.07) is 15.1. The first-order chi connectivity index (χ1) is 18.2. The van der Waals surface area contributed by atoms with Crippen molar-refractivity contribution in [3.05, 3.63) is 87.6 Å². The average molecular weight is 516 g/mol. The molecule has 3 aromatic rings. The van der Waals surface area contributed by atoms with Crippen LogP contribution in [0.2, 0.25) is 0 Å². The van der Waals surface area contributed by atoms with Gasteiger partial charge in [-0.15, -0.1) is 0 Å². The number of amides is 2. The van der Waals surface area contributed by atoms with E-state index in [9.17, 15) is 14.4 Å². The number of hydrogen-bond acceptors (Lipinski definition) is 6. The molecule has 0 spiro atoms. The van der Waals surface area contributed by atoms with E-state index in [0.29, 0.717) is 29.2 Å². The van der Waals surface area contributed by atoms with E-state index in [4.69, 9.17) is 11.1 Å². The highest BCUT2D eigenvalue weighted by atomic mass is 16.2. The number of carbonyl (C=O) groups is 2. The fraction of sp³-hybridized carbons (Fsp3) is 0.321. The minimum absolute atomic E-state index is 0.0362. The number of amidine groups is 1. The standard InChI is InChI=1S/C28H33N7O3/c1-4-14-31-22-17(2)33-26-28(3,27(38)34-20-8-6-5-7-9-20)15-21(35(26)25(22)37)24(36)32-16-18-10-12-19(13-11-18)23(29)30/h5-13,21,31H,4,14-16H2,1-3H3,(H3,29,30)(H,32,36)(H,34,38)/t21-,28+/m1/s1. The number of fused-ring (bicyclic) bond motifs is 1. The van der Waals surface area contributed by atoms with Gasteiger partial charge in [0, 0.05) is 24.3 Å². The van der Waals surface area contributed by atoms with Crippen LogP contribution in [0.15, 0.2) is 59.4 Å². The second-order valence-electron chi connectivity index (χ2n) is 9.70. The van der Waals surface area contributed by atoms with Crippen LogP contribution in [0.4, 0.5) is 11.4 Å². The fourth-order valence-electron chi connectivity index (χ4n) is 4.65. The molecule has 10 nitrogen and oxygen atoms in total. The normalized spacial score (nSPS) is 17.9. The zero-order valence-electron chi connectivity index (χ0n) is 21.8. The third-order valence-corrected chi connectivity index (χ3v) is 6.82. The van der Waals surface area contributed by atoms with E-state index in [0.717, 1.165) is 12.0 Å². The Morgan fingerprint density at radius 3 is 2.47 bits per heavy atom. The predicted octanol–water partition coefficient (Wildman–Crippen LogP) is 2.82. The lowest BCUT2D eigenvalue weighted by molar-refractivity contribution is -0.125. The van der Waals surface area contributed by atoms with Crippen molar-refractivity contribution in [2.75, 3.05) is 17.2 Å². The van der Waals surface area contributed by atoms with Gasteiger partial charge in [-0.25, -0.2) is 4.98 Å². The number of carbonyl (C=O) groups excluding carboxylic acids is 2. The van der Waals surface area contributed by atoms with Crippen LogP contribution in [0, 0.1) is 12.3 Å². The average Bonchev–Trinajstić information content (AvgIpc) is 3.21. The monoisotopic (exact) mass is 515 g/mol. The zero-order valence-corrected chi connectivity index (χ0v) is 21.8. The van der Waals surface area contributed by atoms with Crippen molar-refractivity contribution >= 4 is 29.0 Å². The molecule has 2 heterocycles. The molecule has 0 saturated carbocycles. The van der Waals surface area contributed by atoms with Crippen molar-refractivity contribution in [3.8, 4) is 0 Å². The molecule has 1 aliphatic heterocycles. The van der Waals surface area contributed by atoms with Crippen LogP contribution in [-0.4, -0.2) is 33.7 Å².